The van der Waals surface area contributed by atoms with E-state index in [9.17, 15) is 14.4 Å². The van der Waals surface area contributed by atoms with Gasteiger partial charge < -0.3 is 16.4 Å². The number of carbonyl (C=O) groups is 3. The first-order valence-electron chi connectivity index (χ1n) is 7.59. The summed E-state index contributed by atoms with van der Waals surface area (Å²) < 4.78 is 0. The van der Waals surface area contributed by atoms with E-state index in [0.717, 1.165) is 30.6 Å². The first-order chi connectivity index (χ1) is 9.95. The van der Waals surface area contributed by atoms with Crippen molar-refractivity contribution in [2.75, 3.05) is 13.1 Å². The average molecular weight is 331 g/mol. The van der Waals surface area contributed by atoms with Gasteiger partial charge in [-0.2, -0.15) is 0 Å². The van der Waals surface area contributed by atoms with Crippen LogP contribution in [0.2, 0.25) is 0 Å². The molecule has 2 aliphatic carbocycles. The van der Waals surface area contributed by atoms with Crippen LogP contribution in [0, 0.1) is 11.8 Å². The Kier molecular flexibility index (Phi) is 4.67. The van der Waals surface area contributed by atoms with Gasteiger partial charge in [-0.05, 0) is 44.4 Å². The molecule has 22 heavy (non-hydrogen) atoms. The maximum absolute atomic E-state index is 12.4. The third-order valence-electron chi connectivity index (χ3n) is 4.79. The number of carbonyl (C=O) groups excluding carboxylic acids is 3. The van der Waals surface area contributed by atoms with E-state index in [4.69, 9.17) is 5.73 Å². The van der Waals surface area contributed by atoms with Crippen molar-refractivity contribution in [2.45, 2.75) is 44.2 Å². The Labute approximate surface area is 135 Å². The van der Waals surface area contributed by atoms with E-state index in [1.54, 1.807) is 6.92 Å². The quantitative estimate of drug-likeness (QED) is 0.595. The minimum absolute atomic E-state index is 0. The molecule has 3 rings (SSSR count). The van der Waals surface area contributed by atoms with E-state index in [1.165, 1.54) is 0 Å². The second kappa shape index (κ2) is 6.04. The van der Waals surface area contributed by atoms with Crippen LogP contribution >= 0.6 is 12.4 Å². The molecule has 4 N–H and O–H groups in total. The predicted octanol–water partition coefficient (Wildman–Crippen LogP) is -0.0178. The smallest absolute Gasteiger partial charge is 0.325 e. The number of nitrogens with two attached hydrogens (primary N) is 1. The molecular formula is C14H23ClN4O3. The summed E-state index contributed by atoms with van der Waals surface area (Å²) >= 11 is 0. The zero-order chi connectivity index (χ0) is 15.2. The van der Waals surface area contributed by atoms with Crippen molar-refractivity contribution in [3.63, 3.8) is 0 Å². The molecule has 2 unspecified atom stereocenters. The third kappa shape index (κ3) is 3.05. The maximum atomic E-state index is 12.4. The van der Waals surface area contributed by atoms with Crippen LogP contribution in [0.15, 0.2) is 0 Å². The summed E-state index contributed by atoms with van der Waals surface area (Å²) in [6.07, 6.45) is 4.04. The Morgan fingerprint density at radius 2 is 2.05 bits per heavy atom. The molecule has 7 nitrogen and oxygen atoms in total. The minimum Gasteiger partial charge on any atom is -0.350 e. The van der Waals surface area contributed by atoms with E-state index < -0.39 is 11.6 Å². The SMILES string of the molecule is CC1(C2CC2)NC(=O)N(CC(=O)NC(CN)C2CC2)C1=O.Cl. The summed E-state index contributed by atoms with van der Waals surface area (Å²) in [6.45, 7) is 1.90. The summed E-state index contributed by atoms with van der Waals surface area (Å²) in [5, 5.41) is 5.56. The molecule has 0 aromatic carbocycles. The van der Waals surface area contributed by atoms with Crippen LogP contribution < -0.4 is 16.4 Å². The molecule has 3 aliphatic rings. The Morgan fingerprint density at radius 3 is 2.55 bits per heavy atom. The van der Waals surface area contributed by atoms with Crippen molar-refractivity contribution in [1.29, 1.82) is 0 Å². The molecule has 2 saturated carbocycles. The highest BCUT2D eigenvalue weighted by Gasteiger charge is 2.56. The number of imide groups is 1. The van der Waals surface area contributed by atoms with Crippen LogP contribution in [-0.2, 0) is 9.59 Å². The van der Waals surface area contributed by atoms with Crippen LogP contribution in [0.3, 0.4) is 0 Å². The lowest BCUT2D eigenvalue weighted by Crippen LogP contribution is -2.49. The summed E-state index contributed by atoms with van der Waals surface area (Å²) in [5.41, 5.74) is 4.81. The first-order valence-corrected chi connectivity index (χ1v) is 7.59. The van der Waals surface area contributed by atoms with Gasteiger partial charge in [0.1, 0.15) is 12.1 Å². The third-order valence-corrected chi connectivity index (χ3v) is 4.79. The van der Waals surface area contributed by atoms with Crippen molar-refractivity contribution in [3.8, 4) is 0 Å². The van der Waals surface area contributed by atoms with Crippen molar-refractivity contribution < 1.29 is 14.4 Å². The van der Waals surface area contributed by atoms with Gasteiger partial charge in [0.2, 0.25) is 5.91 Å². The van der Waals surface area contributed by atoms with Gasteiger partial charge in [0.15, 0.2) is 0 Å². The van der Waals surface area contributed by atoms with Crippen molar-refractivity contribution >= 4 is 30.3 Å². The van der Waals surface area contributed by atoms with Crippen LogP contribution in [0.4, 0.5) is 4.79 Å². The van der Waals surface area contributed by atoms with Crippen LogP contribution in [0.5, 0.6) is 0 Å². The van der Waals surface area contributed by atoms with Gasteiger partial charge in [-0.15, -0.1) is 12.4 Å². The second-order valence-electron chi connectivity index (χ2n) is 6.55. The zero-order valence-electron chi connectivity index (χ0n) is 12.6. The van der Waals surface area contributed by atoms with E-state index in [1.807, 2.05) is 0 Å². The fourth-order valence-corrected chi connectivity index (χ4v) is 3.06. The molecule has 3 fully saturated rings. The topological polar surface area (TPSA) is 105 Å². The van der Waals surface area contributed by atoms with E-state index in [2.05, 4.69) is 10.6 Å². The normalized spacial score (nSPS) is 28.9. The van der Waals surface area contributed by atoms with E-state index in [-0.39, 0.29) is 42.7 Å². The van der Waals surface area contributed by atoms with E-state index in [0.29, 0.717) is 12.5 Å². The zero-order valence-corrected chi connectivity index (χ0v) is 13.4. The fourth-order valence-electron chi connectivity index (χ4n) is 3.06. The van der Waals surface area contributed by atoms with Crippen molar-refractivity contribution in [1.82, 2.24) is 15.5 Å². The molecule has 1 heterocycles. The minimum atomic E-state index is -0.832. The molecule has 1 aliphatic heterocycles. The van der Waals surface area contributed by atoms with Gasteiger partial charge in [-0.25, -0.2) is 4.79 Å². The molecular weight excluding hydrogens is 308 g/mol. The van der Waals surface area contributed by atoms with Gasteiger partial charge in [-0.3, -0.25) is 14.5 Å². The monoisotopic (exact) mass is 330 g/mol. The molecule has 1 saturated heterocycles. The van der Waals surface area contributed by atoms with E-state index >= 15 is 0 Å². The van der Waals surface area contributed by atoms with Crippen LogP contribution in [0.25, 0.3) is 0 Å². The predicted molar refractivity (Wildman–Crippen MR) is 82.3 cm³/mol. The maximum Gasteiger partial charge on any atom is 0.325 e. The lowest BCUT2D eigenvalue weighted by molar-refractivity contribution is -0.135. The molecule has 0 aromatic heterocycles. The molecule has 0 radical (unpaired) electrons. The number of hydrogen-bond acceptors (Lipinski definition) is 4. The number of nitrogens with zero attached hydrogens (tertiary/aromatic N) is 1. The molecule has 0 spiro atoms. The number of halogens is 1. The fraction of sp³-hybridized carbons (Fsp3) is 0.786. The lowest BCUT2D eigenvalue weighted by Gasteiger charge is -2.21. The highest BCUT2D eigenvalue weighted by Crippen LogP contribution is 2.42. The lowest BCUT2D eigenvalue weighted by atomic mass is 9.96. The molecule has 0 bridgehead atoms. The Balaban J connectivity index is 0.00000176. The number of rotatable bonds is 6. The Hall–Kier alpha value is -1.34. The number of nitrogens with one attached hydrogen (secondary N) is 2. The highest BCUT2D eigenvalue weighted by molar-refractivity contribution is 6.09. The summed E-state index contributed by atoms with van der Waals surface area (Å²) in [7, 11) is 0. The van der Waals surface area contributed by atoms with Crippen molar-refractivity contribution in [3.05, 3.63) is 0 Å². The summed E-state index contributed by atoms with van der Waals surface area (Å²) in [6, 6.07) is -0.520. The average Bonchev–Trinajstić information content (AvgIpc) is 3.30. The van der Waals surface area contributed by atoms with Crippen LogP contribution in [0.1, 0.15) is 32.6 Å². The largest absolute Gasteiger partial charge is 0.350 e. The second-order valence-corrected chi connectivity index (χ2v) is 6.55. The highest BCUT2D eigenvalue weighted by atomic mass is 35.5. The van der Waals surface area contributed by atoms with Crippen molar-refractivity contribution in [2.24, 2.45) is 17.6 Å². The molecule has 124 valence electrons. The Morgan fingerprint density at radius 1 is 1.41 bits per heavy atom. The summed E-state index contributed by atoms with van der Waals surface area (Å²) in [5.74, 6) is 0.0332. The van der Waals surface area contributed by atoms with Gasteiger partial charge in [0, 0.05) is 12.6 Å². The number of amides is 4. The standard InChI is InChI=1S/C14H22N4O3.ClH/c1-14(9-4-5-9)12(20)18(13(21)17-14)7-11(19)16-10(6-15)8-2-3-8;/h8-10H,2-7,15H2,1H3,(H,16,19)(H,17,21);1H. The first kappa shape index (κ1) is 17.0. The van der Waals surface area contributed by atoms with Gasteiger partial charge >= 0.3 is 6.03 Å². The summed E-state index contributed by atoms with van der Waals surface area (Å²) in [4.78, 5) is 37.4. The van der Waals surface area contributed by atoms with Gasteiger partial charge in [-0.1, -0.05) is 0 Å². The molecule has 2 atom stereocenters. The van der Waals surface area contributed by atoms with Gasteiger partial charge in [0.25, 0.3) is 5.91 Å². The molecule has 8 heteroatoms. The van der Waals surface area contributed by atoms with Crippen LogP contribution in [-0.4, -0.2) is 47.4 Å². The number of urea groups is 1. The molecule has 0 aromatic rings. The number of hydrogen-bond donors (Lipinski definition) is 3. The Bertz CT molecular complexity index is 492. The van der Waals surface area contributed by atoms with Gasteiger partial charge in [0.05, 0.1) is 0 Å². The molecule has 4 amide bonds.